The Labute approximate surface area is 196 Å². The highest BCUT2D eigenvalue weighted by Gasteiger charge is 2.43. The SMILES string of the molecule is CC1(c2ccc(NC(=O)c3nnn(-c4cccc(C(F)(F)F)c4)c3C3CC3)cc2)NC(=O)NC1=O. The number of urea groups is 1. The zero-order chi connectivity index (χ0) is 25.0. The second-order valence-corrected chi connectivity index (χ2v) is 8.62. The average Bonchev–Trinajstić information content (AvgIpc) is 3.49. The molecule has 2 aliphatic rings. The van der Waals surface area contributed by atoms with Gasteiger partial charge in [0.1, 0.15) is 5.54 Å². The van der Waals surface area contributed by atoms with Crippen molar-refractivity contribution in [2.24, 2.45) is 0 Å². The molecule has 1 saturated heterocycles. The van der Waals surface area contributed by atoms with Gasteiger partial charge < -0.3 is 10.6 Å². The average molecular weight is 484 g/mol. The van der Waals surface area contributed by atoms with Crippen molar-refractivity contribution in [3.63, 3.8) is 0 Å². The van der Waals surface area contributed by atoms with Gasteiger partial charge in [-0.25, -0.2) is 9.48 Å². The van der Waals surface area contributed by atoms with Crippen LogP contribution in [0.15, 0.2) is 48.5 Å². The maximum Gasteiger partial charge on any atom is 0.416 e. The monoisotopic (exact) mass is 484 g/mol. The van der Waals surface area contributed by atoms with Crippen LogP contribution in [0.25, 0.3) is 5.69 Å². The number of hydrogen-bond donors (Lipinski definition) is 3. The van der Waals surface area contributed by atoms with Gasteiger partial charge in [0.2, 0.25) is 0 Å². The van der Waals surface area contributed by atoms with Gasteiger partial charge in [-0.1, -0.05) is 23.4 Å². The summed E-state index contributed by atoms with van der Waals surface area (Å²) in [5.74, 6) is -1.08. The van der Waals surface area contributed by atoms with Gasteiger partial charge in [-0.3, -0.25) is 14.9 Å². The summed E-state index contributed by atoms with van der Waals surface area (Å²) < 4.78 is 40.8. The molecule has 2 heterocycles. The fourth-order valence-electron chi connectivity index (χ4n) is 4.00. The van der Waals surface area contributed by atoms with Gasteiger partial charge in [0.25, 0.3) is 11.8 Å². The van der Waals surface area contributed by atoms with Crippen LogP contribution in [0.5, 0.6) is 0 Å². The Morgan fingerprint density at radius 1 is 1.14 bits per heavy atom. The first-order chi connectivity index (χ1) is 16.6. The Bertz CT molecular complexity index is 1350. The van der Waals surface area contributed by atoms with E-state index in [2.05, 4.69) is 26.3 Å². The topological polar surface area (TPSA) is 118 Å². The van der Waals surface area contributed by atoms with E-state index in [1.807, 2.05) is 0 Å². The molecule has 4 amide bonds. The summed E-state index contributed by atoms with van der Waals surface area (Å²) >= 11 is 0. The number of alkyl halides is 3. The van der Waals surface area contributed by atoms with Crippen LogP contribution in [-0.4, -0.2) is 32.8 Å². The third kappa shape index (κ3) is 4.11. The summed E-state index contributed by atoms with van der Waals surface area (Å²) in [6.45, 7) is 1.56. The van der Waals surface area contributed by atoms with Gasteiger partial charge in [0.15, 0.2) is 5.69 Å². The molecule has 1 aromatic heterocycles. The zero-order valence-corrected chi connectivity index (χ0v) is 18.3. The molecule has 35 heavy (non-hydrogen) atoms. The number of halogens is 3. The molecule has 1 atom stereocenters. The second kappa shape index (κ2) is 7.93. The summed E-state index contributed by atoms with van der Waals surface area (Å²) in [7, 11) is 0. The summed E-state index contributed by atoms with van der Waals surface area (Å²) in [5, 5.41) is 15.4. The standard InChI is InChI=1S/C23H19F3N6O3/c1-22(20(34)28-21(35)29-22)13-7-9-15(10-8-13)27-19(33)17-18(12-5-6-12)32(31-30-17)16-4-2-3-14(11-16)23(24,25)26/h2-4,7-12H,5-6H2,1H3,(H,27,33)(H2,28,29,34,35). The lowest BCUT2D eigenvalue weighted by Crippen LogP contribution is -2.40. The molecule has 0 spiro atoms. The fourth-order valence-corrected chi connectivity index (χ4v) is 4.00. The second-order valence-electron chi connectivity index (χ2n) is 8.62. The van der Waals surface area contributed by atoms with Gasteiger partial charge in [-0.05, 0) is 55.7 Å². The Morgan fingerprint density at radius 3 is 2.46 bits per heavy atom. The molecule has 2 fully saturated rings. The zero-order valence-electron chi connectivity index (χ0n) is 18.3. The first kappa shape index (κ1) is 22.6. The highest BCUT2D eigenvalue weighted by molar-refractivity contribution is 6.07. The summed E-state index contributed by atoms with van der Waals surface area (Å²) in [5.41, 5.74) is -0.469. The van der Waals surface area contributed by atoms with Crippen LogP contribution in [-0.2, 0) is 16.5 Å². The van der Waals surface area contributed by atoms with E-state index in [1.54, 1.807) is 31.2 Å². The number of imide groups is 1. The Morgan fingerprint density at radius 2 is 1.86 bits per heavy atom. The largest absolute Gasteiger partial charge is 0.416 e. The summed E-state index contributed by atoms with van der Waals surface area (Å²) in [6, 6.07) is 10.5. The van der Waals surface area contributed by atoms with Crippen LogP contribution in [0.1, 0.15) is 53.0 Å². The number of nitrogens with one attached hydrogen (secondary N) is 3. The van der Waals surface area contributed by atoms with Crippen molar-refractivity contribution in [1.29, 1.82) is 0 Å². The lowest BCUT2D eigenvalue weighted by Gasteiger charge is -2.21. The third-order valence-electron chi connectivity index (χ3n) is 6.07. The van der Waals surface area contributed by atoms with Crippen molar-refractivity contribution < 1.29 is 27.6 Å². The van der Waals surface area contributed by atoms with Crippen molar-refractivity contribution in [3.05, 3.63) is 71.0 Å². The molecular formula is C23H19F3N6O3. The van der Waals surface area contributed by atoms with Gasteiger partial charge in [0.05, 0.1) is 16.9 Å². The third-order valence-corrected chi connectivity index (χ3v) is 6.07. The van der Waals surface area contributed by atoms with Gasteiger partial charge in [-0.15, -0.1) is 5.10 Å². The highest BCUT2D eigenvalue weighted by atomic mass is 19.4. The van der Waals surface area contributed by atoms with Crippen LogP contribution in [0.2, 0.25) is 0 Å². The van der Waals surface area contributed by atoms with Crippen LogP contribution >= 0.6 is 0 Å². The van der Waals surface area contributed by atoms with E-state index >= 15 is 0 Å². The number of carbonyl (C=O) groups is 3. The predicted molar refractivity (Wildman–Crippen MR) is 117 cm³/mol. The molecule has 3 aromatic rings. The number of carbonyl (C=O) groups excluding carboxylic acids is 3. The highest BCUT2D eigenvalue weighted by Crippen LogP contribution is 2.42. The number of nitrogens with zero attached hydrogens (tertiary/aromatic N) is 3. The van der Waals surface area contributed by atoms with Gasteiger partial charge >= 0.3 is 12.2 Å². The predicted octanol–water partition coefficient (Wildman–Crippen LogP) is 3.47. The Balaban J connectivity index is 1.40. The number of hydrogen-bond acceptors (Lipinski definition) is 5. The van der Waals surface area contributed by atoms with E-state index in [0.717, 1.165) is 25.0 Å². The molecule has 1 saturated carbocycles. The van der Waals surface area contributed by atoms with E-state index in [4.69, 9.17) is 0 Å². The van der Waals surface area contributed by atoms with Crippen LogP contribution in [0.4, 0.5) is 23.7 Å². The molecule has 1 unspecified atom stereocenters. The minimum absolute atomic E-state index is 0.0309. The van der Waals surface area contributed by atoms with Crippen molar-refractivity contribution in [2.75, 3.05) is 5.32 Å². The van der Waals surface area contributed by atoms with Crippen LogP contribution in [0, 0.1) is 0 Å². The minimum Gasteiger partial charge on any atom is -0.321 e. The van der Waals surface area contributed by atoms with E-state index in [0.29, 0.717) is 16.9 Å². The maximum atomic E-state index is 13.2. The number of amides is 4. The maximum absolute atomic E-state index is 13.2. The van der Waals surface area contributed by atoms with Crippen molar-refractivity contribution in [2.45, 2.75) is 37.4 Å². The molecule has 2 aromatic carbocycles. The van der Waals surface area contributed by atoms with Gasteiger partial charge in [0, 0.05) is 11.6 Å². The number of rotatable bonds is 5. The summed E-state index contributed by atoms with van der Waals surface area (Å²) in [4.78, 5) is 36.6. The molecule has 0 radical (unpaired) electrons. The Kier molecular flexibility index (Phi) is 5.11. The fraction of sp³-hybridized carbons (Fsp3) is 0.261. The smallest absolute Gasteiger partial charge is 0.321 e. The van der Waals surface area contributed by atoms with Crippen LogP contribution in [0.3, 0.4) is 0 Å². The lowest BCUT2D eigenvalue weighted by atomic mass is 9.92. The lowest BCUT2D eigenvalue weighted by molar-refractivity contribution is -0.137. The summed E-state index contributed by atoms with van der Waals surface area (Å²) in [6.07, 6.45) is -2.97. The van der Waals surface area contributed by atoms with Crippen molar-refractivity contribution >= 4 is 23.5 Å². The molecule has 180 valence electrons. The first-order valence-corrected chi connectivity index (χ1v) is 10.7. The molecule has 1 aliphatic carbocycles. The van der Waals surface area contributed by atoms with E-state index in [1.165, 1.54) is 16.8 Å². The molecule has 9 nitrogen and oxygen atoms in total. The minimum atomic E-state index is -4.51. The van der Waals surface area contributed by atoms with E-state index in [9.17, 15) is 27.6 Å². The van der Waals surface area contributed by atoms with Crippen LogP contribution < -0.4 is 16.0 Å². The Hall–Kier alpha value is -4.22. The quantitative estimate of drug-likeness (QED) is 0.480. The molecule has 3 N–H and O–H groups in total. The molecule has 5 rings (SSSR count). The van der Waals surface area contributed by atoms with Crippen molar-refractivity contribution in [3.8, 4) is 5.69 Å². The van der Waals surface area contributed by atoms with Gasteiger partial charge in [-0.2, -0.15) is 13.2 Å². The van der Waals surface area contributed by atoms with E-state index < -0.39 is 35.1 Å². The molecular weight excluding hydrogens is 465 g/mol. The molecule has 1 aliphatic heterocycles. The molecule has 0 bridgehead atoms. The normalized spacial score (nSPS) is 19.9. The number of anilines is 1. The van der Waals surface area contributed by atoms with Crippen molar-refractivity contribution in [1.82, 2.24) is 25.6 Å². The first-order valence-electron chi connectivity index (χ1n) is 10.7. The number of aromatic nitrogens is 3. The number of benzene rings is 2. The van der Waals surface area contributed by atoms with E-state index in [-0.39, 0.29) is 17.3 Å². The molecule has 12 heteroatoms.